The Balaban J connectivity index is 1.83. The quantitative estimate of drug-likeness (QED) is 0.824. The van der Waals surface area contributed by atoms with E-state index in [0.29, 0.717) is 38.4 Å². The molecule has 1 saturated heterocycles. The van der Waals surface area contributed by atoms with Crippen LogP contribution in [-0.4, -0.2) is 49.6 Å². The largest absolute Gasteiger partial charge is 0.378 e. The minimum atomic E-state index is -0.0960. The Morgan fingerprint density at radius 1 is 1.04 bits per heavy atom. The Morgan fingerprint density at radius 3 is 2.26 bits per heavy atom. The van der Waals surface area contributed by atoms with Crippen LogP contribution in [0.4, 0.5) is 10.5 Å². The van der Waals surface area contributed by atoms with Gasteiger partial charge in [0.25, 0.3) is 0 Å². The summed E-state index contributed by atoms with van der Waals surface area (Å²) in [5.41, 5.74) is 8.94. The number of Topliss-reactive ketones (excluding diaryl/α,β-unsaturated/α-hetero) is 1. The molecule has 2 N–H and O–H groups in total. The number of carbonyl (C=O) groups excluding carboxylic acids is 2. The summed E-state index contributed by atoms with van der Waals surface area (Å²) in [6.45, 7) is 4.73. The van der Waals surface area contributed by atoms with E-state index in [-0.39, 0.29) is 18.4 Å². The molecule has 1 aliphatic heterocycles. The normalized spacial score (nSPS) is 14.1. The van der Waals surface area contributed by atoms with Crippen molar-refractivity contribution in [3.8, 4) is 0 Å². The number of benzene rings is 2. The van der Waals surface area contributed by atoms with Gasteiger partial charge in [0.05, 0.1) is 26.3 Å². The lowest BCUT2D eigenvalue weighted by Gasteiger charge is -2.33. The summed E-state index contributed by atoms with van der Waals surface area (Å²) in [6.07, 6.45) is 0. The monoisotopic (exact) mass is 367 g/mol. The number of urea groups is 1. The second-order valence-electron chi connectivity index (χ2n) is 6.63. The molecule has 0 saturated carbocycles. The molecule has 2 aromatic carbocycles. The summed E-state index contributed by atoms with van der Waals surface area (Å²) in [5, 5.41) is 0. The molecule has 1 aliphatic rings. The third kappa shape index (κ3) is 4.72. The third-order valence-electron chi connectivity index (χ3n) is 4.66. The van der Waals surface area contributed by atoms with Crippen molar-refractivity contribution in [2.24, 2.45) is 5.73 Å². The zero-order valence-corrected chi connectivity index (χ0v) is 15.6. The van der Waals surface area contributed by atoms with Gasteiger partial charge >= 0.3 is 6.03 Å². The number of hydrogen-bond acceptors (Lipinski definition) is 4. The summed E-state index contributed by atoms with van der Waals surface area (Å²) in [7, 11) is 0. The molecule has 0 aromatic heterocycles. The number of rotatable bonds is 5. The van der Waals surface area contributed by atoms with E-state index in [0.717, 1.165) is 16.8 Å². The van der Waals surface area contributed by atoms with Crippen molar-refractivity contribution in [3.05, 3.63) is 65.2 Å². The van der Waals surface area contributed by atoms with Crippen LogP contribution in [0, 0.1) is 6.92 Å². The Kier molecular flexibility index (Phi) is 6.21. The number of morpholine rings is 1. The van der Waals surface area contributed by atoms with Crippen LogP contribution in [0.3, 0.4) is 0 Å². The minimum Gasteiger partial charge on any atom is -0.378 e. The predicted octanol–water partition coefficient (Wildman–Crippen LogP) is 2.60. The van der Waals surface area contributed by atoms with Gasteiger partial charge in [-0.1, -0.05) is 42.0 Å². The van der Waals surface area contributed by atoms with E-state index in [2.05, 4.69) is 0 Å². The van der Waals surface area contributed by atoms with Crippen LogP contribution in [0.2, 0.25) is 0 Å². The topological polar surface area (TPSA) is 75.9 Å². The standard InChI is InChI=1S/C21H25N3O3/c1-16-2-8-19(9-3-16)24(21(26)23-10-12-27-13-11-23)15-17-4-6-18(7-5-17)20(25)14-22/h2-9H,10-15,22H2,1H3. The number of carbonyl (C=O) groups is 2. The number of ether oxygens (including phenoxy) is 1. The minimum absolute atomic E-state index is 0.00957. The Hall–Kier alpha value is -2.70. The zero-order valence-electron chi connectivity index (χ0n) is 15.6. The van der Waals surface area contributed by atoms with E-state index in [1.54, 1.807) is 17.0 Å². The van der Waals surface area contributed by atoms with Gasteiger partial charge in [-0.2, -0.15) is 0 Å². The molecule has 6 heteroatoms. The molecule has 0 radical (unpaired) electrons. The maximum Gasteiger partial charge on any atom is 0.324 e. The van der Waals surface area contributed by atoms with Crippen molar-refractivity contribution in [3.63, 3.8) is 0 Å². The lowest BCUT2D eigenvalue weighted by molar-refractivity contribution is 0.0548. The van der Waals surface area contributed by atoms with Gasteiger partial charge in [0.2, 0.25) is 0 Å². The fourth-order valence-electron chi connectivity index (χ4n) is 3.02. The van der Waals surface area contributed by atoms with Crippen molar-refractivity contribution in [2.45, 2.75) is 13.5 Å². The number of anilines is 1. The Bertz CT molecular complexity index is 781. The molecule has 2 amide bonds. The fourth-order valence-corrected chi connectivity index (χ4v) is 3.02. The highest BCUT2D eigenvalue weighted by Crippen LogP contribution is 2.21. The number of nitrogens with zero attached hydrogens (tertiary/aromatic N) is 2. The molecular formula is C21H25N3O3. The average Bonchev–Trinajstić information content (AvgIpc) is 2.73. The van der Waals surface area contributed by atoms with Gasteiger partial charge in [0.1, 0.15) is 0 Å². The van der Waals surface area contributed by atoms with Crippen LogP contribution in [-0.2, 0) is 11.3 Å². The van der Waals surface area contributed by atoms with Crippen molar-refractivity contribution >= 4 is 17.5 Å². The third-order valence-corrected chi connectivity index (χ3v) is 4.66. The lowest BCUT2D eigenvalue weighted by Crippen LogP contribution is -2.48. The summed E-state index contributed by atoms with van der Waals surface area (Å²) in [6, 6.07) is 15.1. The first kappa shape index (κ1) is 19.1. The van der Waals surface area contributed by atoms with Crippen molar-refractivity contribution in [1.29, 1.82) is 0 Å². The Labute approximate surface area is 159 Å². The van der Waals surface area contributed by atoms with E-state index >= 15 is 0 Å². The lowest BCUT2D eigenvalue weighted by atomic mass is 10.1. The smallest absolute Gasteiger partial charge is 0.324 e. The van der Waals surface area contributed by atoms with E-state index in [1.165, 1.54) is 0 Å². The van der Waals surface area contributed by atoms with Gasteiger partial charge in [0, 0.05) is 24.3 Å². The molecule has 0 unspecified atom stereocenters. The second-order valence-corrected chi connectivity index (χ2v) is 6.63. The first-order valence-corrected chi connectivity index (χ1v) is 9.11. The number of ketones is 1. The van der Waals surface area contributed by atoms with Gasteiger partial charge in [-0.15, -0.1) is 0 Å². The van der Waals surface area contributed by atoms with Crippen LogP contribution < -0.4 is 10.6 Å². The first-order valence-electron chi connectivity index (χ1n) is 9.11. The predicted molar refractivity (Wildman–Crippen MR) is 105 cm³/mol. The van der Waals surface area contributed by atoms with Crippen LogP contribution in [0.5, 0.6) is 0 Å². The molecule has 27 heavy (non-hydrogen) atoms. The van der Waals surface area contributed by atoms with Gasteiger partial charge in [-0.3, -0.25) is 9.69 Å². The van der Waals surface area contributed by atoms with Crippen molar-refractivity contribution in [2.75, 3.05) is 37.7 Å². The molecule has 1 heterocycles. The van der Waals surface area contributed by atoms with E-state index < -0.39 is 0 Å². The molecule has 6 nitrogen and oxygen atoms in total. The molecular weight excluding hydrogens is 342 g/mol. The van der Waals surface area contributed by atoms with Gasteiger partial charge in [-0.25, -0.2) is 4.79 Å². The van der Waals surface area contributed by atoms with E-state index in [9.17, 15) is 9.59 Å². The van der Waals surface area contributed by atoms with Crippen molar-refractivity contribution < 1.29 is 14.3 Å². The van der Waals surface area contributed by atoms with Crippen LogP contribution >= 0.6 is 0 Å². The van der Waals surface area contributed by atoms with Crippen LogP contribution in [0.15, 0.2) is 48.5 Å². The average molecular weight is 367 g/mol. The summed E-state index contributed by atoms with van der Waals surface area (Å²) in [5.74, 6) is -0.0960. The number of amides is 2. The fraction of sp³-hybridized carbons (Fsp3) is 0.333. The van der Waals surface area contributed by atoms with Gasteiger partial charge in [-0.05, 0) is 24.6 Å². The first-order chi connectivity index (χ1) is 13.1. The van der Waals surface area contributed by atoms with E-state index in [1.807, 2.05) is 48.2 Å². The summed E-state index contributed by atoms with van der Waals surface area (Å²) in [4.78, 5) is 28.4. The Morgan fingerprint density at radius 2 is 1.67 bits per heavy atom. The maximum atomic E-state index is 13.1. The molecule has 1 fully saturated rings. The van der Waals surface area contributed by atoms with Crippen LogP contribution in [0.25, 0.3) is 0 Å². The maximum absolute atomic E-state index is 13.1. The van der Waals surface area contributed by atoms with Crippen LogP contribution in [0.1, 0.15) is 21.5 Å². The van der Waals surface area contributed by atoms with E-state index in [4.69, 9.17) is 10.5 Å². The highest BCUT2D eigenvalue weighted by molar-refractivity contribution is 5.97. The van der Waals surface area contributed by atoms with Gasteiger partial charge in [0.15, 0.2) is 5.78 Å². The van der Waals surface area contributed by atoms with Gasteiger partial charge < -0.3 is 15.4 Å². The molecule has 0 atom stereocenters. The second kappa shape index (κ2) is 8.79. The molecule has 0 aliphatic carbocycles. The number of hydrogen-bond donors (Lipinski definition) is 1. The molecule has 0 bridgehead atoms. The zero-order chi connectivity index (χ0) is 19.2. The summed E-state index contributed by atoms with van der Waals surface area (Å²) >= 11 is 0. The number of aryl methyl sites for hydroxylation is 1. The van der Waals surface area contributed by atoms with Crippen molar-refractivity contribution in [1.82, 2.24) is 4.90 Å². The molecule has 2 aromatic rings. The molecule has 142 valence electrons. The number of nitrogens with two attached hydrogens (primary N) is 1. The highest BCUT2D eigenvalue weighted by atomic mass is 16.5. The summed E-state index contributed by atoms with van der Waals surface area (Å²) < 4.78 is 5.36. The molecule has 3 rings (SSSR count). The highest BCUT2D eigenvalue weighted by Gasteiger charge is 2.24. The molecule has 0 spiro atoms. The SMILES string of the molecule is Cc1ccc(N(Cc2ccc(C(=O)CN)cc2)C(=O)N2CCOCC2)cc1.